The van der Waals surface area contributed by atoms with Gasteiger partial charge >= 0.3 is 0 Å². The number of nitrogens with zero attached hydrogens (tertiary/aromatic N) is 4. The highest BCUT2D eigenvalue weighted by molar-refractivity contribution is 6.30. The highest BCUT2D eigenvalue weighted by atomic mass is 35.5. The predicted octanol–water partition coefficient (Wildman–Crippen LogP) is 3.58. The molecule has 2 aromatic heterocycles. The molecule has 8 heteroatoms. The summed E-state index contributed by atoms with van der Waals surface area (Å²) in [6.07, 6.45) is 1.51. The number of halogens is 1. The van der Waals surface area contributed by atoms with Crippen molar-refractivity contribution in [1.29, 1.82) is 0 Å². The van der Waals surface area contributed by atoms with Crippen molar-refractivity contribution in [2.75, 3.05) is 11.9 Å². The lowest BCUT2D eigenvalue weighted by atomic mass is 10.2. The van der Waals surface area contributed by atoms with Crippen LogP contribution in [0, 0.1) is 13.8 Å². The maximum Gasteiger partial charge on any atom is 0.259 e. The van der Waals surface area contributed by atoms with Crippen LogP contribution in [0.5, 0.6) is 5.88 Å². The maximum atomic E-state index is 12.6. The monoisotopic (exact) mass is 371 g/mol. The quantitative estimate of drug-likeness (QED) is 0.741. The van der Waals surface area contributed by atoms with E-state index in [1.54, 1.807) is 41.9 Å². The van der Waals surface area contributed by atoms with Gasteiger partial charge < -0.3 is 10.1 Å². The predicted molar refractivity (Wildman–Crippen MR) is 99.2 cm³/mol. The van der Waals surface area contributed by atoms with Gasteiger partial charge in [-0.2, -0.15) is 5.10 Å². The smallest absolute Gasteiger partial charge is 0.259 e. The minimum absolute atomic E-state index is 0.252. The van der Waals surface area contributed by atoms with E-state index in [0.717, 1.165) is 5.56 Å². The van der Waals surface area contributed by atoms with Crippen LogP contribution in [-0.2, 0) is 0 Å². The second-order valence-electron chi connectivity index (χ2n) is 5.63. The molecule has 26 heavy (non-hydrogen) atoms. The van der Waals surface area contributed by atoms with E-state index < -0.39 is 0 Å². The molecule has 134 valence electrons. The molecule has 1 N–H and O–H groups in total. The van der Waals surface area contributed by atoms with Gasteiger partial charge in [-0.3, -0.25) is 4.79 Å². The lowest BCUT2D eigenvalue weighted by Gasteiger charge is -2.09. The van der Waals surface area contributed by atoms with Crippen molar-refractivity contribution < 1.29 is 9.53 Å². The van der Waals surface area contributed by atoms with Crippen LogP contribution < -0.4 is 10.1 Å². The van der Waals surface area contributed by atoms with Crippen LogP contribution >= 0.6 is 11.6 Å². The van der Waals surface area contributed by atoms with Gasteiger partial charge in [-0.05, 0) is 50.6 Å². The van der Waals surface area contributed by atoms with E-state index in [2.05, 4.69) is 20.6 Å². The van der Waals surface area contributed by atoms with Crippen molar-refractivity contribution in [3.63, 3.8) is 0 Å². The van der Waals surface area contributed by atoms with Gasteiger partial charge in [-0.25, -0.2) is 4.68 Å². The third-order valence-electron chi connectivity index (χ3n) is 3.83. The minimum Gasteiger partial charge on any atom is -0.477 e. The number of ether oxygens (including phenoxy) is 1. The molecule has 1 aromatic carbocycles. The van der Waals surface area contributed by atoms with E-state index >= 15 is 0 Å². The van der Waals surface area contributed by atoms with Crippen LogP contribution in [0.25, 0.3) is 5.82 Å². The van der Waals surface area contributed by atoms with Crippen LogP contribution in [0.15, 0.2) is 36.5 Å². The van der Waals surface area contributed by atoms with Crippen molar-refractivity contribution in [2.45, 2.75) is 20.8 Å². The number of aromatic nitrogens is 4. The summed E-state index contributed by atoms with van der Waals surface area (Å²) in [4.78, 5) is 12.6. The van der Waals surface area contributed by atoms with Gasteiger partial charge in [0.05, 0.1) is 24.1 Å². The van der Waals surface area contributed by atoms with Crippen molar-refractivity contribution >= 4 is 23.2 Å². The molecule has 0 spiro atoms. The Labute approximate surface area is 156 Å². The van der Waals surface area contributed by atoms with Gasteiger partial charge in [-0.1, -0.05) is 11.6 Å². The zero-order chi connectivity index (χ0) is 18.7. The van der Waals surface area contributed by atoms with E-state index in [9.17, 15) is 4.79 Å². The summed E-state index contributed by atoms with van der Waals surface area (Å²) in [6, 6.07) is 8.75. The summed E-state index contributed by atoms with van der Waals surface area (Å²) in [6.45, 7) is 6.08. The highest BCUT2D eigenvalue weighted by Crippen LogP contribution is 2.21. The normalized spacial score (nSPS) is 10.6. The number of hydrogen-bond donors (Lipinski definition) is 1. The molecule has 0 atom stereocenters. The van der Waals surface area contributed by atoms with Crippen molar-refractivity contribution in [2.24, 2.45) is 0 Å². The fourth-order valence-corrected chi connectivity index (χ4v) is 2.70. The molecule has 0 radical (unpaired) electrons. The third-order valence-corrected chi connectivity index (χ3v) is 4.06. The van der Waals surface area contributed by atoms with Crippen molar-refractivity contribution in [1.82, 2.24) is 20.0 Å². The number of carbonyl (C=O) groups is 1. The largest absolute Gasteiger partial charge is 0.477 e. The van der Waals surface area contributed by atoms with Crippen LogP contribution in [0.1, 0.15) is 28.5 Å². The number of nitrogens with one attached hydrogen (secondary N) is 1. The molecule has 7 nitrogen and oxygen atoms in total. The lowest BCUT2D eigenvalue weighted by Crippen LogP contribution is -2.14. The summed E-state index contributed by atoms with van der Waals surface area (Å²) in [5.74, 6) is 0.697. The molecule has 0 aliphatic rings. The summed E-state index contributed by atoms with van der Waals surface area (Å²) in [5.41, 5.74) is 2.70. The van der Waals surface area contributed by atoms with Crippen molar-refractivity contribution in [3.05, 3.63) is 58.4 Å². The van der Waals surface area contributed by atoms with Crippen LogP contribution in [0.4, 0.5) is 5.69 Å². The van der Waals surface area contributed by atoms with Crippen molar-refractivity contribution in [3.8, 4) is 11.7 Å². The molecule has 0 aliphatic carbocycles. The Bertz CT molecular complexity index is 937. The zero-order valence-electron chi connectivity index (χ0n) is 14.7. The topological polar surface area (TPSA) is 81.9 Å². The molecular weight excluding hydrogens is 354 g/mol. The first kappa shape index (κ1) is 17.9. The van der Waals surface area contributed by atoms with Gasteiger partial charge in [0.1, 0.15) is 0 Å². The molecular formula is C18H18ClN5O2. The van der Waals surface area contributed by atoms with Gasteiger partial charge in [0.25, 0.3) is 5.91 Å². The number of amides is 1. The molecule has 1 amide bonds. The molecule has 0 bridgehead atoms. The Kier molecular flexibility index (Phi) is 5.18. The molecule has 0 unspecified atom stereocenters. The van der Waals surface area contributed by atoms with Crippen LogP contribution in [-0.4, -0.2) is 32.5 Å². The Morgan fingerprint density at radius 3 is 2.69 bits per heavy atom. The Morgan fingerprint density at radius 2 is 2.04 bits per heavy atom. The summed E-state index contributed by atoms with van der Waals surface area (Å²) in [5, 5.41) is 15.8. The standard InChI is InChI=1S/C18H18ClN5O2/c1-4-26-17-8-7-16(22-23-17)24-12(3)14(10-20-24)18(25)21-15-6-5-13(19)9-11(15)2/h5-10H,4H2,1-3H3,(H,21,25). The highest BCUT2D eigenvalue weighted by Gasteiger charge is 2.17. The summed E-state index contributed by atoms with van der Waals surface area (Å²) < 4.78 is 6.84. The molecule has 2 heterocycles. The molecule has 0 saturated heterocycles. The molecule has 3 rings (SSSR count). The van der Waals surface area contributed by atoms with E-state index in [1.165, 1.54) is 6.20 Å². The SMILES string of the molecule is CCOc1ccc(-n2ncc(C(=O)Nc3ccc(Cl)cc3C)c2C)nn1. The minimum atomic E-state index is -0.252. The molecule has 0 saturated carbocycles. The number of carbonyl (C=O) groups excluding carboxylic acids is 1. The zero-order valence-corrected chi connectivity index (χ0v) is 15.4. The number of rotatable bonds is 5. The van der Waals surface area contributed by atoms with Crippen LogP contribution in [0.2, 0.25) is 5.02 Å². The van der Waals surface area contributed by atoms with Gasteiger partial charge in [-0.15, -0.1) is 10.2 Å². The van der Waals surface area contributed by atoms with Gasteiger partial charge in [0, 0.05) is 16.8 Å². The number of benzene rings is 1. The molecule has 0 aliphatic heterocycles. The van der Waals surface area contributed by atoms with Gasteiger partial charge in [0.15, 0.2) is 5.82 Å². The first-order valence-corrected chi connectivity index (χ1v) is 8.46. The average molecular weight is 372 g/mol. The molecule has 3 aromatic rings. The lowest BCUT2D eigenvalue weighted by molar-refractivity contribution is 0.102. The number of aryl methyl sites for hydroxylation is 1. The Balaban J connectivity index is 1.82. The van der Waals surface area contributed by atoms with E-state index in [1.807, 2.05) is 13.8 Å². The fourth-order valence-electron chi connectivity index (χ4n) is 2.47. The number of hydrogen-bond acceptors (Lipinski definition) is 5. The first-order valence-electron chi connectivity index (χ1n) is 8.08. The van der Waals surface area contributed by atoms with Crippen LogP contribution in [0.3, 0.4) is 0 Å². The summed E-state index contributed by atoms with van der Waals surface area (Å²) >= 11 is 5.95. The van der Waals surface area contributed by atoms with E-state index in [4.69, 9.17) is 16.3 Å². The average Bonchev–Trinajstić information content (AvgIpc) is 3.00. The first-order chi connectivity index (χ1) is 12.5. The Morgan fingerprint density at radius 1 is 1.23 bits per heavy atom. The Hall–Kier alpha value is -2.93. The van der Waals surface area contributed by atoms with Gasteiger partial charge in [0.2, 0.25) is 5.88 Å². The second-order valence-corrected chi connectivity index (χ2v) is 6.07. The fraction of sp³-hybridized carbons (Fsp3) is 0.222. The number of anilines is 1. The molecule has 0 fully saturated rings. The second kappa shape index (κ2) is 7.53. The van der Waals surface area contributed by atoms with E-state index in [-0.39, 0.29) is 5.91 Å². The van der Waals surface area contributed by atoms with E-state index in [0.29, 0.717) is 40.3 Å². The maximum absolute atomic E-state index is 12.6. The summed E-state index contributed by atoms with van der Waals surface area (Å²) in [7, 11) is 0. The third kappa shape index (κ3) is 3.67.